The van der Waals surface area contributed by atoms with Gasteiger partial charge in [-0.3, -0.25) is 29.2 Å². The summed E-state index contributed by atoms with van der Waals surface area (Å²) in [6.07, 6.45) is 4.90. The van der Waals surface area contributed by atoms with E-state index < -0.39 is 46.7 Å². The lowest BCUT2D eigenvalue weighted by Gasteiger charge is -2.42. The second kappa shape index (κ2) is 19.4. The molecule has 3 saturated heterocycles. The van der Waals surface area contributed by atoms with Gasteiger partial charge >= 0.3 is 5.97 Å². The summed E-state index contributed by atoms with van der Waals surface area (Å²) >= 11 is 0. The maximum absolute atomic E-state index is 14.9. The molecule has 15 nitrogen and oxygen atoms in total. The van der Waals surface area contributed by atoms with E-state index in [0.29, 0.717) is 45.3 Å². The second-order valence-electron chi connectivity index (χ2n) is 19.7. The van der Waals surface area contributed by atoms with E-state index in [-0.39, 0.29) is 56.6 Å². The van der Waals surface area contributed by atoms with Crippen molar-refractivity contribution in [2.75, 3.05) is 53.6 Å². The number of likely N-dealkylation sites (N-methyl/N-ethyl adjacent to an activating group) is 1. The molecule has 6 heterocycles. The first-order valence-corrected chi connectivity index (χ1v) is 23.6. The van der Waals surface area contributed by atoms with E-state index in [2.05, 4.69) is 79.1 Å². The monoisotopic (exact) mass is 915 g/mol. The van der Waals surface area contributed by atoms with E-state index in [1.165, 1.54) is 16.0 Å². The minimum Gasteiger partial charge on any atom is -0.464 e. The summed E-state index contributed by atoms with van der Waals surface area (Å²) < 4.78 is 19.9. The molecule has 3 fully saturated rings. The minimum absolute atomic E-state index is 0.117. The summed E-state index contributed by atoms with van der Waals surface area (Å²) in [6.45, 7) is 16.0. The average Bonchev–Trinajstić information content (AvgIpc) is 3.93. The van der Waals surface area contributed by atoms with E-state index in [4.69, 9.17) is 19.2 Å². The number of rotatable bonds is 10. The van der Waals surface area contributed by atoms with Crippen molar-refractivity contribution in [3.63, 3.8) is 0 Å². The molecular formula is C52H65N7O8. The van der Waals surface area contributed by atoms with Crippen molar-refractivity contribution in [3.05, 3.63) is 90.3 Å². The molecule has 67 heavy (non-hydrogen) atoms. The Bertz CT molecular complexity index is 2570. The number of cyclic esters (lactones) is 1. The lowest BCUT2D eigenvalue weighted by Crippen LogP contribution is -2.66. The quantitative estimate of drug-likeness (QED) is 0.150. The van der Waals surface area contributed by atoms with Crippen LogP contribution in [0, 0.1) is 17.3 Å². The molecule has 5 atom stereocenters. The van der Waals surface area contributed by atoms with E-state index in [1.807, 2.05) is 25.1 Å². The summed E-state index contributed by atoms with van der Waals surface area (Å²) in [5.41, 5.74) is 9.24. The maximum atomic E-state index is 14.9. The smallest absolute Gasteiger partial charge is 0.327 e. The normalized spacial score (nSPS) is 23.1. The number of carbonyl (C=O) groups excluding carboxylic acids is 5. The van der Waals surface area contributed by atoms with E-state index >= 15 is 0 Å². The van der Waals surface area contributed by atoms with Crippen molar-refractivity contribution in [1.29, 1.82) is 0 Å². The van der Waals surface area contributed by atoms with Crippen LogP contribution in [0.15, 0.2) is 73.4 Å². The molecule has 0 aliphatic carbocycles. The second-order valence-corrected chi connectivity index (χ2v) is 19.7. The van der Waals surface area contributed by atoms with Gasteiger partial charge in [0.2, 0.25) is 17.7 Å². The average molecular weight is 916 g/mol. The van der Waals surface area contributed by atoms with Crippen LogP contribution >= 0.6 is 0 Å². The Hall–Kier alpha value is -5.90. The van der Waals surface area contributed by atoms with Gasteiger partial charge in [-0.05, 0) is 99.0 Å². The number of nitrogens with zero attached hydrogens (tertiary/aromatic N) is 5. The first kappa shape index (κ1) is 47.6. The summed E-state index contributed by atoms with van der Waals surface area (Å²) in [4.78, 5) is 78.1. The SMILES string of the molecule is C=CC(=O)N1CC[C@H](C(=O)N(C)[C@H](C(=O)N[C@H]2Cc3cccc(c3)-c3ccc4c(c3)c(c(-c3cccnc3[C@H](C)OC)n4CC)CC(C)(C)COC(=O)[C@@]3(C)CCCN(N3)C2=O)C2COC2)C1. The van der Waals surface area contributed by atoms with E-state index in [1.54, 1.807) is 32.2 Å². The number of nitrogens with one attached hydrogen (secondary N) is 2. The van der Waals surface area contributed by atoms with Crippen molar-refractivity contribution in [2.24, 2.45) is 17.3 Å². The number of ether oxygens (including phenoxy) is 3. The first-order chi connectivity index (χ1) is 32.1. The number of carbonyl (C=O) groups is 5. The van der Waals surface area contributed by atoms with Crippen LogP contribution in [0.25, 0.3) is 33.3 Å². The van der Waals surface area contributed by atoms with Crippen LogP contribution in [-0.4, -0.2) is 125 Å². The molecule has 4 amide bonds. The third-order valence-corrected chi connectivity index (χ3v) is 14.2. The third-order valence-electron chi connectivity index (χ3n) is 14.2. The van der Waals surface area contributed by atoms with Crippen LogP contribution in [0.4, 0.5) is 0 Å². The topological polar surface area (TPSA) is 165 Å². The Morgan fingerprint density at radius 2 is 1.85 bits per heavy atom. The lowest BCUT2D eigenvalue weighted by molar-refractivity contribution is -0.162. The Morgan fingerprint density at radius 3 is 2.57 bits per heavy atom. The van der Waals surface area contributed by atoms with Gasteiger partial charge < -0.3 is 33.9 Å². The third kappa shape index (κ3) is 9.50. The highest BCUT2D eigenvalue weighted by Gasteiger charge is 2.46. The fourth-order valence-electron chi connectivity index (χ4n) is 10.4. The van der Waals surface area contributed by atoms with Gasteiger partial charge in [-0.25, -0.2) is 10.2 Å². The van der Waals surface area contributed by atoms with Gasteiger partial charge in [0.05, 0.1) is 43.2 Å². The molecule has 2 aromatic carbocycles. The number of likely N-dealkylation sites (tertiary alicyclic amines) is 1. The molecule has 0 spiro atoms. The van der Waals surface area contributed by atoms with Gasteiger partial charge in [-0.15, -0.1) is 0 Å². The van der Waals surface area contributed by atoms with Crippen LogP contribution in [0.5, 0.6) is 0 Å². The number of hydrogen-bond acceptors (Lipinski definition) is 10. The Balaban J connectivity index is 1.20. The minimum atomic E-state index is -1.23. The molecule has 0 saturated carbocycles. The molecule has 6 bridgehead atoms. The predicted molar refractivity (Wildman–Crippen MR) is 254 cm³/mol. The van der Waals surface area contributed by atoms with Crippen LogP contribution in [0.3, 0.4) is 0 Å². The number of amides is 4. The van der Waals surface area contributed by atoms with E-state index in [9.17, 15) is 24.0 Å². The van der Waals surface area contributed by atoms with Crippen molar-refractivity contribution >= 4 is 40.5 Å². The first-order valence-electron chi connectivity index (χ1n) is 23.6. The highest BCUT2D eigenvalue weighted by Crippen LogP contribution is 2.42. The Labute approximate surface area is 393 Å². The lowest BCUT2D eigenvalue weighted by atomic mass is 9.84. The highest BCUT2D eigenvalue weighted by atomic mass is 16.5. The largest absolute Gasteiger partial charge is 0.464 e. The highest BCUT2D eigenvalue weighted by molar-refractivity contribution is 5.96. The van der Waals surface area contributed by atoms with Crippen molar-refractivity contribution in [2.45, 2.75) is 97.0 Å². The number of hydrogen-bond donors (Lipinski definition) is 2. The number of methoxy groups -OCH3 is 1. The van der Waals surface area contributed by atoms with Gasteiger partial charge in [-0.2, -0.15) is 0 Å². The van der Waals surface area contributed by atoms with Gasteiger partial charge in [0.15, 0.2) is 0 Å². The number of esters is 1. The van der Waals surface area contributed by atoms with Crippen LogP contribution in [0.1, 0.15) is 76.8 Å². The van der Waals surface area contributed by atoms with Crippen molar-refractivity contribution in [1.82, 2.24) is 35.1 Å². The molecule has 2 N–H and O–H groups in total. The van der Waals surface area contributed by atoms with Crippen LogP contribution in [0.2, 0.25) is 0 Å². The molecule has 8 rings (SSSR count). The molecule has 2 aromatic heterocycles. The van der Waals surface area contributed by atoms with Gasteiger partial charge in [0.25, 0.3) is 5.91 Å². The Kier molecular flexibility index (Phi) is 13.8. The van der Waals surface area contributed by atoms with Crippen molar-refractivity contribution in [3.8, 4) is 22.4 Å². The molecule has 4 aliphatic heterocycles. The van der Waals surface area contributed by atoms with Gasteiger partial charge in [0, 0.05) is 80.8 Å². The molecule has 4 aromatic rings. The number of aromatic nitrogens is 2. The van der Waals surface area contributed by atoms with Crippen molar-refractivity contribution < 1.29 is 38.2 Å². The zero-order valence-corrected chi connectivity index (χ0v) is 39.9. The Morgan fingerprint density at radius 1 is 1.07 bits per heavy atom. The summed E-state index contributed by atoms with van der Waals surface area (Å²) in [5.74, 6) is -2.65. The molecule has 15 heteroatoms. The summed E-state index contributed by atoms with van der Waals surface area (Å²) in [7, 11) is 3.30. The predicted octanol–water partition coefficient (Wildman–Crippen LogP) is 5.64. The number of fused-ring (bicyclic) bond motifs is 6. The number of pyridine rings is 1. The maximum Gasteiger partial charge on any atom is 0.327 e. The number of hydrazine groups is 1. The van der Waals surface area contributed by atoms with Gasteiger partial charge in [-0.1, -0.05) is 50.8 Å². The molecule has 0 radical (unpaired) electrons. The molecular weight excluding hydrogens is 851 g/mol. The number of benzene rings is 2. The fraction of sp³-hybridized carbons (Fsp3) is 0.500. The van der Waals surface area contributed by atoms with Gasteiger partial charge in [0.1, 0.15) is 17.6 Å². The molecule has 356 valence electrons. The van der Waals surface area contributed by atoms with E-state index in [0.717, 1.165) is 50.1 Å². The number of aryl methyl sites for hydroxylation is 1. The fourth-order valence-corrected chi connectivity index (χ4v) is 10.4. The van der Waals surface area contributed by atoms with Crippen LogP contribution < -0.4 is 10.7 Å². The van der Waals surface area contributed by atoms with Crippen LogP contribution in [-0.2, 0) is 57.6 Å². The molecule has 0 unspecified atom stereocenters. The standard InChI is InChI=1S/C52H65N7O8/c1-9-43(60)57-23-19-36(28-57)48(62)56(7)45(37-29-66-30-37)47(61)54-41-25-33-14-11-15-34(24-33)35-17-18-42-39(26-35)40(46(58(42)10-2)38-16-12-21-53-44(38)32(3)65-8)27-51(4,5)31-67-50(64)52(6)20-13-22-59(55-52)49(41)63/h9,11-12,14-18,21,24,26,32,36-37,41,45,55H,1,10,13,19-20,22-23,25,27-31H2,2-8H3,(H,54,61)/t32-,36-,41-,45-,52+/m0/s1. The summed E-state index contributed by atoms with van der Waals surface area (Å²) in [6, 6.07) is 16.6. The zero-order chi connectivity index (χ0) is 47.8. The summed E-state index contributed by atoms with van der Waals surface area (Å²) in [5, 5.41) is 5.60. The zero-order valence-electron chi connectivity index (χ0n) is 39.9. The molecule has 4 aliphatic rings.